The number of fused-ring (bicyclic) bond motifs is 3. The molecule has 2 aromatic rings. The zero-order valence-corrected chi connectivity index (χ0v) is 18.7. The van der Waals surface area contributed by atoms with E-state index in [2.05, 4.69) is 32.3 Å². The average molecular weight is 428 g/mol. The van der Waals surface area contributed by atoms with Gasteiger partial charge in [0, 0.05) is 38.1 Å². The summed E-state index contributed by atoms with van der Waals surface area (Å²) in [5.41, 5.74) is 2.32. The second kappa shape index (κ2) is 8.00. The molecule has 0 aliphatic carbocycles. The van der Waals surface area contributed by atoms with Crippen LogP contribution in [0.1, 0.15) is 31.3 Å². The minimum atomic E-state index is -0.216. The van der Waals surface area contributed by atoms with E-state index in [1.54, 1.807) is 11.3 Å². The molecule has 2 aliphatic heterocycles. The second-order valence-corrected chi connectivity index (χ2v) is 9.86. The molecule has 1 fully saturated rings. The highest BCUT2D eigenvalue weighted by Crippen LogP contribution is 2.30. The van der Waals surface area contributed by atoms with Crippen molar-refractivity contribution in [1.82, 2.24) is 19.4 Å². The van der Waals surface area contributed by atoms with Crippen LogP contribution < -0.4 is 0 Å². The Balaban J connectivity index is 1.58. The van der Waals surface area contributed by atoms with E-state index in [0.717, 1.165) is 35.6 Å². The van der Waals surface area contributed by atoms with Gasteiger partial charge in [-0.25, -0.2) is 5.01 Å². The summed E-state index contributed by atoms with van der Waals surface area (Å²) in [5, 5.41) is 8.11. The van der Waals surface area contributed by atoms with Crippen LogP contribution in [-0.2, 0) is 11.3 Å². The van der Waals surface area contributed by atoms with E-state index in [4.69, 9.17) is 5.10 Å². The molecular formula is C22H29N5O2S. The minimum Gasteiger partial charge on any atom is -0.339 e. The van der Waals surface area contributed by atoms with Gasteiger partial charge in [-0.3, -0.25) is 14.5 Å². The Labute approximate surface area is 181 Å². The number of carbonyl (C=O) groups is 2. The Morgan fingerprint density at radius 3 is 2.67 bits per heavy atom. The summed E-state index contributed by atoms with van der Waals surface area (Å²) in [6.07, 6.45) is 1.88. The van der Waals surface area contributed by atoms with Crippen LogP contribution >= 0.6 is 11.3 Å². The fraction of sp³-hybridized carbons (Fsp3) is 0.500. The van der Waals surface area contributed by atoms with E-state index in [9.17, 15) is 9.59 Å². The predicted molar refractivity (Wildman–Crippen MR) is 121 cm³/mol. The van der Waals surface area contributed by atoms with Crippen LogP contribution in [0.5, 0.6) is 0 Å². The van der Waals surface area contributed by atoms with Crippen molar-refractivity contribution in [3.8, 4) is 0 Å². The molecule has 8 heteroatoms. The lowest BCUT2D eigenvalue weighted by molar-refractivity contribution is -0.133. The maximum atomic E-state index is 13.3. The van der Waals surface area contributed by atoms with Crippen LogP contribution in [0.25, 0.3) is 10.2 Å². The maximum Gasteiger partial charge on any atom is 0.291 e. The Morgan fingerprint density at radius 1 is 1.27 bits per heavy atom. The van der Waals surface area contributed by atoms with Crippen LogP contribution in [0, 0.1) is 5.41 Å². The number of carbonyl (C=O) groups excluding carboxylic acids is 2. The molecule has 0 radical (unpaired) electrons. The molecule has 0 bridgehead atoms. The van der Waals surface area contributed by atoms with E-state index in [0.29, 0.717) is 25.3 Å². The Kier molecular flexibility index (Phi) is 5.55. The average Bonchev–Trinajstić information content (AvgIpc) is 3.25. The summed E-state index contributed by atoms with van der Waals surface area (Å²) in [7, 11) is 0. The number of thiophene rings is 1. The number of piperazine rings is 1. The first-order valence-corrected chi connectivity index (χ1v) is 11.2. The van der Waals surface area contributed by atoms with Crippen LogP contribution in [0.15, 0.2) is 35.3 Å². The molecule has 0 N–H and O–H groups in total. The van der Waals surface area contributed by atoms with Gasteiger partial charge in [-0.2, -0.15) is 5.10 Å². The molecule has 0 aromatic carbocycles. The van der Waals surface area contributed by atoms with Gasteiger partial charge in [0.15, 0.2) is 0 Å². The smallest absolute Gasteiger partial charge is 0.291 e. The molecule has 0 unspecified atom stereocenters. The number of aromatic nitrogens is 1. The first-order chi connectivity index (χ1) is 14.3. The summed E-state index contributed by atoms with van der Waals surface area (Å²) in [5.74, 6) is -0.267. The van der Waals surface area contributed by atoms with Gasteiger partial charge in [0.25, 0.3) is 5.91 Å². The number of rotatable bonds is 4. The van der Waals surface area contributed by atoms with Gasteiger partial charge in [-0.1, -0.05) is 26.8 Å². The Bertz CT molecular complexity index is 1000. The zero-order valence-electron chi connectivity index (χ0n) is 17.9. The minimum absolute atomic E-state index is 0.0291. The van der Waals surface area contributed by atoms with Crippen LogP contribution in [0.2, 0.25) is 0 Å². The van der Waals surface area contributed by atoms with Gasteiger partial charge >= 0.3 is 0 Å². The molecule has 2 aromatic heterocycles. The third kappa shape index (κ3) is 3.94. The number of hydrogen-bond acceptors (Lipinski definition) is 5. The van der Waals surface area contributed by atoms with Gasteiger partial charge in [0.1, 0.15) is 12.2 Å². The molecule has 30 heavy (non-hydrogen) atoms. The van der Waals surface area contributed by atoms with E-state index in [1.165, 1.54) is 5.01 Å². The molecule has 2 aliphatic rings. The topological polar surface area (TPSA) is 61.1 Å². The Hall–Kier alpha value is -2.45. The molecule has 160 valence electrons. The lowest BCUT2D eigenvalue weighted by Gasteiger charge is -2.34. The van der Waals surface area contributed by atoms with Crippen LogP contribution in [0.4, 0.5) is 0 Å². The summed E-state index contributed by atoms with van der Waals surface area (Å²) >= 11 is 1.62. The SMILES string of the molecule is C=CCN1CCN(C(=O)CN2N=C(C(C)(C)C)Cn3c(cc4sccc43)C2=O)CC1. The zero-order chi connectivity index (χ0) is 21.5. The van der Waals surface area contributed by atoms with Crippen molar-refractivity contribution in [3.63, 3.8) is 0 Å². The van der Waals surface area contributed by atoms with Crippen molar-refractivity contribution < 1.29 is 9.59 Å². The van der Waals surface area contributed by atoms with Gasteiger partial charge in [0.2, 0.25) is 5.91 Å². The van der Waals surface area contributed by atoms with Crippen molar-refractivity contribution >= 4 is 39.1 Å². The van der Waals surface area contributed by atoms with Crippen molar-refractivity contribution in [1.29, 1.82) is 0 Å². The van der Waals surface area contributed by atoms with Crippen LogP contribution in [-0.4, -0.2) is 76.2 Å². The van der Waals surface area contributed by atoms with Crippen LogP contribution in [0.3, 0.4) is 0 Å². The maximum absolute atomic E-state index is 13.3. The van der Waals surface area contributed by atoms with Crippen molar-refractivity contribution in [2.24, 2.45) is 10.5 Å². The standard InChI is InChI=1S/C22H29N5O2S/c1-5-7-24-8-10-25(11-9-24)20(28)15-27-21(29)17-13-18-16(6-12-30-18)26(17)14-19(23-27)22(2,3)4/h5-6,12-13H,1,7-11,14-15H2,2-4H3. The summed E-state index contributed by atoms with van der Waals surface area (Å²) in [6.45, 7) is 14.4. The lowest BCUT2D eigenvalue weighted by atomic mass is 9.90. The Morgan fingerprint density at radius 2 is 2.00 bits per heavy atom. The van der Waals surface area contributed by atoms with Gasteiger partial charge < -0.3 is 9.47 Å². The summed E-state index contributed by atoms with van der Waals surface area (Å²) in [6, 6.07) is 3.97. The van der Waals surface area contributed by atoms with Gasteiger partial charge in [-0.05, 0) is 17.5 Å². The predicted octanol–water partition coefficient (Wildman–Crippen LogP) is 2.89. The number of amides is 2. The second-order valence-electron chi connectivity index (χ2n) is 8.92. The molecule has 0 saturated carbocycles. The monoisotopic (exact) mass is 427 g/mol. The number of hydrogen-bond donors (Lipinski definition) is 0. The van der Waals surface area contributed by atoms with Gasteiger partial charge in [-0.15, -0.1) is 17.9 Å². The first-order valence-electron chi connectivity index (χ1n) is 10.4. The van der Waals surface area contributed by atoms with Crippen molar-refractivity contribution in [2.75, 3.05) is 39.3 Å². The highest BCUT2D eigenvalue weighted by molar-refractivity contribution is 7.17. The molecule has 0 spiro atoms. The fourth-order valence-electron chi connectivity index (χ4n) is 3.91. The molecule has 7 nitrogen and oxygen atoms in total. The summed E-state index contributed by atoms with van der Waals surface area (Å²) < 4.78 is 3.12. The molecule has 0 atom stereocenters. The normalized spacial score (nSPS) is 18.4. The number of nitrogens with zero attached hydrogens (tertiary/aromatic N) is 5. The first kappa shape index (κ1) is 20.8. The molecule has 2 amide bonds. The molecule has 4 rings (SSSR count). The highest BCUT2D eigenvalue weighted by Gasteiger charge is 2.32. The summed E-state index contributed by atoms with van der Waals surface area (Å²) in [4.78, 5) is 30.4. The fourth-order valence-corrected chi connectivity index (χ4v) is 4.74. The lowest BCUT2D eigenvalue weighted by Crippen LogP contribution is -2.51. The van der Waals surface area contributed by atoms with E-state index >= 15 is 0 Å². The molecule has 4 heterocycles. The largest absolute Gasteiger partial charge is 0.339 e. The van der Waals surface area contributed by atoms with E-state index in [1.807, 2.05) is 33.1 Å². The highest BCUT2D eigenvalue weighted by atomic mass is 32.1. The molecular weight excluding hydrogens is 398 g/mol. The third-order valence-corrected chi connectivity index (χ3v) is 6.64. The van der Waals surface area contributed by atoms with E-state index < -0.39 is 0 Å². The quantitative estimate of drug-likeness (QED) is 0.705. The van der Waals surface area contributed by atoms with E-state index in [-0.39, 0.29) is 23.8 Å². The van der Waals surface area contributed by atoms with Crippen molar-refractivity contribution in [2.45, 2.75) is 27.3 Å². The number of hydrazone groups is 1. The third-order valence-electron chi connectivity index (χ3n) is 5.79. The van der Waals surface area contributed by atoms with Crippen molar-refractivity contribution in [3.05, 3.63) is 35.9 Å². The van der Waals surface area contributed by atoms with Gasteiger partial charge in [0.05, 0.1) is 22.5 Å². The molecule has 1 saturated heterocycles.